The molecule has 4 rings (SSSR count). The van der Waals surface area contributed by atoms with Crippen LogP contribution in [0.3, 0.4) is 0 Å². The Morgan fingerprint density at radius 2 is 1.76 bits per heavy atom. The van der Waals surface area contributed by atoms with Crippen LogP contribution in [0, 0.1) is 10.1 Å². The van der Waals surface area contributed by atoms with Crippen LogP contribution in [0.5, 0.6) is 0 Å². The zero-order chi connectivity index (χ0) is 24.7. The van der Waals surface area contributed by atoms with Crippen molar-refractivity contribution in [1.29, 1.82) is 0 Å². The second kappa shape index (κ2) is 9.42. The number of fused-ring (bicyclic) bond motifs is 1. The predicted octanol–water partition coefficient (Wildman–Crippen LogP) is 3.93. The summed E-state index contributed by atoms with van der Waals surface area (Å²) in [4.78, 5) is 14.0. The number of alkyl halides is 4. The fraction of sp³-hybridized carbons (Fsp3) is 0.381. The molecular formula is C21H21BBrF3N4O3S. The smallest absolute Gasteiger partial charge is 0.369 e. The summed E-state index contributed by atoms with van der Waals surface area (Å²) in [5.41, 5.74) is -1.26. The van der Waals surface area contributed by atoms with E-state index in [9.17, 15) is 27.5 Å². The van der Waals surface area contributed by atoms with Gasteiger partial charge in [-0.25, -0.2) is 8.51 Å². The first kappa shape index (κ1) is 24.9. The number of hydrogen-bond acceptors (Lipinski definition) is 5. The Hall–Kier alpha value is -2.25. The van der Waals surface area contributed by atoms with Gasteiger partial charge in [0.2, 0.25) is 0 Å². The average molecular weight is 557 g/mol. The van der Waals surface area contributed by atoms with Crippen molar-refractivity contribution in [2.45, 2.75) is 17.4 Å². The highest BCUT2D eigenvalue weighted by Crippen LogP contribution is 2.48. The van der Waals surface area contributed by atoms with Crippen LogP contribution in [0.1, 0.15) is 5.56 Å². The molecule has 2 radical (unpaired) electrons. The number of nitro groups is 1. The monoisotopic (exact) mass is 556 g/mol. The summed E-state index contributed by atoms with van der Waals surface area (Å²) < 4.78 is 58.4. The van der Waals surface area contributed by atoms with Crippen molar-refractivity contribution in [1.82, 2.24) is 4.31 Å². The highest BCUT2D eigenvalue weighted by atomic mass is 79.9. The summed E-state index contributed by atoms with van der Waals surface area (Å²) in [5.74, 6) is 0. The lowest BCUT2D eigenvalue weighted by Gasteiger charge is -2.37. The van der Waals surface area contributed by atoms with Crippen molar-refractivity contribution in [3.63, 3.8) is 0 Å². The summed E-state index contributed by atoms with van der Waals surface area (Å²) in [7, 11) is 2.54. The van der Waals surface area contributed by atoms with Crippen LogP contribution in [0.25, 0.3) is 0 Å². The van der Waals surface area contributed by atoms with Gasteiger partial charge in [-0.3, -0.25) is 10.1 Å². The van der Waals surface area contributed by atoms with Crippen LogP contribution in [0.4, 0.5) is 30.2 Å². The van der Waals surface area contributed by atoms with Crippen LogP contribution in [-0.2, 0) is 15.9 Å². The average Bonchev–Trinajstić information content (AvgIpc) is 3.07. The lowest BCUT2D eigenvalue weighted by atomic mass is 10.0. The molecule has 2 aliphatic rings. The molecule has 0 saturated carbocycles. The lowest BCUT2D eigenvalue weighted by Crippen LogP contribution is -2.50. The molecule has 0 bridgehead atoms. The first-order valence-electron chi connectivity index (χ1n) is 10.5. The van der Waals surface area contributed by atoms with Crippen LogP contribution in [-0.4, -0.2) is 64.3 Å². The van der Waals surface area contributed by atoms with Crippen molar-refractivity contribution in [3.8, 4) is 0 Å². The molecule has 1 unspecified atom stereocenters. The number of halogens is 4. The third-order valence-corrected chi connectivity index (χ3v) is 9.35. The largest absolute Gasteiger partial charge is 0.418 e. The number of benzene rings is 2. The second-order valence-corrected chi connectivity index (χ2v) is 11.1. The Kier molecular flexibility index (Phi) is 6.89. The van der Waals surface area contributed by atoms with E-state index in [4.69, 9.17) is 7.85 Å². The van der Waals surface area contributed by atoms with Gasteiger partial charge < -0.3 is 9.80 Å². The third-order valence-electron chi connectivity index (χ3n) is 5.97. The summed E-state index contributed by atoms with van der Waals surface area (Å²) in [5, 5.41) is 11.8. The van der Waals surface area contributed by atoms with E-state index in [1.165, 1.54) is 4.90 Å². The van der Waals surface area contributed by atoms with Crippen molar-refractivity contribution < 1.29 is 22.3 Å². The van der Waals surface area contributed by atoms with Crippen LogP contribution < -0.4 is 9.80 Å². The number of nitro benzene ring substituents is 1. The topological polar surface area (TPSA) is 69.9 Å². The molecule has 0 amide bonds. The normalized spacial score (nSPS) is 21.1. The molecule has 2 heterocycles. The summed E-state index contributed by atoms with van der Waals surface area (Å²) in [6.07, 6.45) is -5.12. The molecule has 1 fully saturated rings. The van der Waals surface area contributed by atoms with Gasteiger partial charge >= 0.3 is 6.18 Å². The highest BCUT2D eigenvalue weighted by molar-refractivity contribution is 9.09. The molecule has 1 saturated heterocycles. The SMILES string of the molecule is [B]CC1=S(=O)(N2CCN(c3ccccc3)CC2)c2cc([N+](=O)[O-])cc(C(F)(F)F)c2N1CCBr. The van der Waals surface area contributed by atoms with E-state index in [2.05, 4.69) is 20.8 Å². The summed E-state index contributed by atoms with van der Waals surface area (Å²) in [6.45, 7) is 1.66. The Labute approximate surface area is 205 Å². The lowest BCUT2D eigenvalue weighted by molar-refractivity contribution is -0.385. The maximum absolute atomic E-state index is 14.7. The van der Waals surface area contributed by atoms with Gasteiger partial charge in [-0.05, 0) is 18.5 Å². The van der Waals surface area contributed by atoms with E-state index in [1.54, 1.807) is 4.31 Å². The predicted molar refractivity (Wildman–Crippen MR) is 131 cm³/mol. The van der Waals surface area contributed by atoms with Gasteiger partial charge in [0.05, 0.1) is 43.6 Å². The Balaban J connectivity index is 1.85. The van der Waals surface area contributed by atoms with E-state index in [0.717, 1.165) is 11.8 Å². The first-order valence-corrected chi connectivity index (χ1v) is 13.1. The Bertz CT molecular complexity index is 1210. The molecule has 180 valence electrons. The molecule has 1 atom stereocenters. The minimum absolute atomic E-state index is 0.0847. The van der Waals surface area contributed by atoms with Crippen LogP contribution >= 0.6 is 15.9 Å². The molecule has 7 nitrogen and oxygen atoms in total. The first-order chi connectivity index (χ1) is 16.1. The van der Waals surface area contributed by atoms with E-state index >= 15 is 0 Å². The number of nitrogens with zero attached hydrogens (tertiary/aromatic N) is 4. The molecule has 34 heavy (non-hydrogen) atoms. The van der Waals surface area contributed by atoms with Gasteiger partial charge in [0, 0.05) is 55.9 Å². The molecular weight excluding hydrogens is 536 g/mol. The van der Waals surface area contributed by atoms with Crippen LogP contribution in [0.15, 0.2) is 47.4 Å². The second-order valence-electron chi connectivity index (χ2n) is 7.81. The number of anilines is 2. The van der Waals surface area contributed by atoms with Crippen LogP contribution in [0.2, 0.25) is 6.32 Å². The molecule has 0 aliphatic carbocycles. The molecule has 13 heteroatoms. The molecule has 0 spiro atoms. The van der Waals surface area contributed by atoms with E-state index in [-0.39, 0.29) is 28.4 Å². The zero-order valence-electron chi connectivity index (χ0n) is 18.0. The fourth-order valence-corrected chi connectivity index (χ4v) is 7.81. The van der Waals surface area contributed by atoms with E-state index in [1.807, 2.05) is 30.3 Å². The van der Waals surface area contributed by atoms with Gasteiger partial charge in [-0.15, -0.1) is 0 Å². The number of piperazine rings is 1. The number of non-ortho nitro benzene ring substituents is 1. The Morgan fingerprint density at radius 3 is 2.29 bits per heavy atom. The minimum Gasteiger partial charge on any atom is -0.369 e. The summed E-state index contributed by atoms with van der Waals surface area (Å²) >= 11 is 3.25. The zero-order valence-corrected chi connectivity index (χ0v) is 20.4. The van der Waals surface area contributed by atoms with Gasteiger partial charge in [0.25, 0.3) is 5.69 Å². The molecule has 2 aromatic rings. The fourth-order valence-electron chi connectivity index (χ4n) is 4.48. The van der Waals surface area contributed by atoms with Crippen molar-refractivity contribution in [3.05, 3.63) is 58.1 Å². The highest BCUT2D eigenvalue weighted by Gasteiger charge is 2.46. The molecule has 0 N–H and O–H groups in total. The molecule has 0 aromatic heterocycles. The maximum atomic E-state index is 14.7. The van der Waals surface area contributed by atoms with Gasteiger partial charge in [0.15, 0.2) is 0 Å². The summed E-state index contributed by atoms with van der Waals surface area (Å²) in [6, 6.07) is 11.1. The molecule has 2 aromatic carbocycles. The quantitative estimate of drug-likeness (QED) is 0.177. The van der Waals surface area contributed by atoms with Gasteiger partial charge in [-0.2, -0.15) is 13.2 Å². The third kappa shape index (κ3) is 4.18. The minimum atomic E-state index is -4.88. The number of hydrogen-bond donors (Lipinski definition) is 0. The van der Waals surface area contributed by atoms with Crippen molar-refractivity contribution in [2.24, 2.45) is 0 Å². The van der Waals surface area contributed by atoms with Crippen molar-refractivity contribution >= 4 is 55.5 Å². The molecule has 2 aliphatic heterocycles. The van der Waals surface area contributed by atoms with E-state index in [0.29, 0.717) is 37.6 Å². The van der Waals surface area contributed by atoms with E-state index < -0.39 is 32.1 Å². The van der Waals surface area contributed by atoms with Gasteiger partial charge in [0.1, 0.15) is 0 Å². The Morgan fingerprint density at radius 1 is 1.12 bits per heavy atom. The van der Waals surface area contributed by atoms with Crippen molar-refractivity contribution in [2.75, 3.05) is 47.9 Å². The number of para-hydroxylation sites is 1. The van der Waals surface area contributed by atoms with Gasteiger partial charge in [-0.1, -0.05) is 34.1 Å². The maximum Gasteiger partial charge on any atom is 0.418 e. The number of rotatable bonds is 6. The standard InChI is InChI=1S/C21H21BBrF3N4O3S/c22-14-19-29(7-6-23)20-17(21(24,25)26)12-16(30(31)32)13-18(20)34(19,33)28-10-8-27(9-11-28)15-4-2-1-3-5-15/h1-5,12-13H,6-11,14H2.